The van der Waals surface area contributed by atoms with Crippen LogP contribution in [0.2, 0.25) is 0 Å². The quantitative estimate of drug-likeness (QED) is 0.873. The summed E-state index contributed by atoms with van der Waals surface area (Å²) in [6.45, 7) is 0.797. The Morgan fingerprint density at radius 2 is 2.05 bits per heavy atom. The summed E-state index contributed by atoms with van der Waals surface area (Å²) in [4.78, 5) is 25.6. The molecule has 1 aromatic rings. The molecular formula is C14H20N4O2. The first-order valence-electron chi connectivity index (χ1n) is 7.32. The van der Waals surface area contributed by atoms with E-state index in [2.05, 4.69) is 10.2 Å². The van der Waals surface area contributed by atoms with E-state index >= 15 is 0 Å². The lowest BCUT2D eigenvalue weighted by Gasteiger charge is -2.39. The fraction of sp³-hybridized carbons (Fsp3) is 0.643. The minimum absolute atomic E-state index is 0.0115. The van der Waals surface area contributed by atoms with E-state index < -0.39 is 5.91 Å². The van der Waals surface area contributed by atoms with E-state index in [9.17, 15) is 9.59 Å². The van der Waals surface area contributed by atoms with Crippen LogP contribution in [0.1, 0.15) is 60.7 Å². The maximum absolute atomic E-state index is 12.5. The first kappa shape index (κ1) is 13.1. The van der Waals surface area contributed by atoms with Crippen LogP contribution in [0.3, 0.4) is 0 Å². The Kier molecular flexibility index (Phi) is 3.46. The predicted octanol–water partition coefficient (Wildman–Crippen LogP) is 1.36. The lowest BCUT2D eigenvalue weighted by Crippen LogP contribution is -2.43. The third-order valence-corrected chi connectivity index (χ3v) is 4.45. The van der Waals surface area contributed by atoms with Gasteiger partial charge in [-0.3, -0.25) is 14.7 Å². The number of nitrogens with two attached hydrogens (primary N) is 1. The number of aromatic nitrogens is 2. The molecule has 1 aromatic heterocycles. The first-order valence-corrected chi connectivity index (χ1v) is 7.32. The van der Waals surface area contributed by atoms with Gasteiger partial charge in [-0.15, -0.1) is 0 Å². The van der Waals surface area contributed by atoms with Crippen LogP contribution in [0.5, 0.6) is 0 Å². The number of likely N-dealkylation sites (tertiary alicyclic amines) is 1. The van der Waals surface area contributed by atoms with E-state index in [1.807, 2.05) is 4.90 Å². The summed E-state index contributed by atoms with van der Waals surface area (Å²) >= 11 is 0. The summed E-state index contributed by atoms with van der Waals surface area (Å²) in [6.07, 6.45) is 6.23. The summed E-state index contributed by atoms with van der Waals surface area (Å²) in [5, 5.41) is 6.80. The molecule has 2 fully saturated rings. The van der Waals surface area contributed by atoms with E-state index in [1.165, 1.54) is 0 Å². The van der Waals surface area contributed by atoms with E-state index in [0.717, 1.165) is 50.8 Å². The van der Waals surface area contributed by atoms with Crippen molar-refractivity contribution < 1.29 is 9.59 Å². The number of amides is 2. The molecule has 0 spiro atoms. The number of carbonyl (C=O) groups is 2. The van der Waals surface area contributed by atoms with Gasteiger partial charge in [0.1, 0.15) is 5.69 Å². The van der Waals surface area contributed by atoms with Gasteiger partial charge in [0.15, 0.2) is 0 Å². The van der Waals surface area contributed by atoms with Crippen LogP contribution >= 0.6 is 0 Å². The number of carbonyl (C=O) groups excluding carboxylic acids is 2. The molecule has 3 rings (SSSR count). The zero-order valence-corrected chi connectivity index (χ0v) is 11.5. The zero-order chi connectivity index (χ0) is 14.1. The summed E-state index contributed by atoms with van der Waals surface area (Å²) in [7, 11) is 0. The number of nitrogens with zero attached hydrogens (tertiary/aromatic N) is 2. The minimum Gasteiger partial charge on any atom is -0.364 e. The molecule has 108 valence electrons. The van der Waals surface area contributed by atoms with Crippen molar-refractivity contribution >= 4 is 11.8 Å². The highest BCUT2D eigenvalue weighted by Crippen LogP contribution is 2.35. The lowest BCUT2D eigenvalue weighted by atomic mass is 9.83. The van der Waals surface area contributed by atoms with Gasteiger partial charge >= 0.3 is 0 Å². The van der Waals surface area contributed by atoms with Crippen LogP contribution in [-0.4, -0.2) is 33.5 Å². The molecule has 2 amide bonds. The fourth-order valence-electron chi connectivity index (χ4n) is 3.04. The second-order valence-corrected chi connectivity index (χ2v) is 5.74. The molecule has 1 atom stereocenters. The fourth-order valence-corrected chi connectivity index (χ4v) is 3.04. The Morgan fingerprint density at radius 1 is 1.25 bits per heavy atom. The van der Waals surface area contributed by atoms with Gasteiger partial charge in [0.2, 0.25) is 5.91 Å². The van der Waals surface area contributed by atoms with Gasteiger partial charge in [0.25, 0.3) is 5.91 Å². The van der Waals surface area contributed by atoms with Crippen LogP contribution in [-0.2, 0) is 4.79 Å². The van der Waals surface area contributed by atoms with Crippen LogP contribution in [0.4, 0.5) is 0 Å². The average Bonchev–Trinajstić information content (AvgIpc) is 2.86. The molecule has 0 bridgehead atoms. The molecule has 1 aliphatic heterocycles. The monoisotopic (exact) mass is 276 g/mol. The van der Waals surface area contributed by atoms with Gasteiger partial charge in [0, 0.05) is 12.5 Å². The van der Waals surface area contributed by atoms with Crippen molar-refractivity contribution in [3.8, 4) is 0 Å². The van der Waals surface area contributed by atoms with Crippen molar-refractivity contribution in [3.63, 3.8) is 0 Å². The molecule has 1 aliphatic carbocycles. The van der Waals surface area contributed by atoms with E-state index in [0.29, 0.717) is 0 Å². The number of hydrogen-bond donors (Lipinski definition) is 2. The smallest absolute Gasteiger partial charge is 0.269 e. The van der Waals surface area contributed by atoms with Crippen molar-refractivity contribution in [1.82, 2.24) is 15.1 Å². The maximum atomic E-state index is 12.5. The average molecular weight is 276 g/mol. The lowest BCUT2D eigenvalue weighted by molar-refractivity contribution is -0.142. The van der Waals surface area contributed by atoms with Crippen LogP contribution in [0.15, 0.2) is 6.07 Å². The summed E-state index contributed by atoms with van der Waals surface area (Å²) in [5.74, 6) is -0.0783. The Labute approximate surface area is 117 Å². The van der Waals surface area contributed by atoms with Crippen LogP contribution < -0.4 is 5.73 Å². The molecule has 0 radical (unpaired) electrons. The van der Waals surface area contributed by atoms with Crippen LogP contribution in [0.25, 0.3) is 0 Å². The van der Waals surface area contributed by atoms with Gasteiger partial charge in [-0.2, -0.15) is 5.10 Å². The number of rotatable bonds is 3. The highest BCUT2D eigenvalue weighted by molar-refractivity contribution is 5.90. The standard InChI is InChI=1S/C14H20N4O2/c15-13(19)11-8-10(16-17-11)12-6-1-2-7-18(12)14(20)9-4-3-5-9/h8-9,12H,1-7H2,(H2,15,19)(H,16,17). The molecule has 6 nitrogen and oxygen atoms in total. The first-order chi connectivity index (χ1) is 9.66. The summed E-state index contributed by atoms with van der Waals surface area (Å²) in [6, 6.07) is 1.69. The van der Waals surface area contributed by atoms with Gasteiger partial charge in [-0.25, -0.2) is 0 Å². The number of H-pyrrole nitrogens is 1. The number of aromatic amines is 1. The van der Waals surface area contributed by atoms with Gasteiger partial charge < -0.3 is 10.6 Å². The van der Waals surface area contributed by atoms with Crippen molar-refractivity contribution in [3.05, 3.63) is 17.5 Å². The molecule has 2 aliphatic rings. The number of piperidine rings is 1. The van der Waals surface area contributed by atoms with E-state index in [4.69, 9.17) is 5.73 Å². The minimum atomic E-state index is -0.542. The maximum Gasteiger partial charge on any atom is 0.269 e. The Bertz CT molecular complexity index is 521. The van der Waals surface area contributed by atoms with Crippen molar-refractivity contribution in [2.75, 3.05) is 6.54 Å². The topological polar surface area (TPSA) is 92.1 Å². The van der Waals surface area contributed by atoms with Gasteiger partial charge in [-0.1, -0.05) is 6.42 Å². The second kappa shape index (κ2) is 5.26. The number of primary amides is 1. The highest BCUT2D eigenvalue weighted by atomic mass is 16.2. The molecule has 1 saturated heterocycles. The molecule has 6 heteroatoms. The van der Waals surface area contributed by atoms with Crippen LogP contribution in [0, 0.1) is 5.92 Å². The predicted molar refractivity (Wildman–Crippen MR) is 72.8 cm³/mol. The summed E-state index contributed by atoms with van der Waals surface area (Å²) < 4.78 is 0. The Balaban J connectivity index is 1.80. The van der Waals surface area contributed by atoms with Gasteiger partial charge in [0.05, 0.1) is 11.7 Å². The molecule has 2 heterocycles. The van der Waals surface area contributed by atoms with Gasteiger partial charge in [-0.05, 0) is 38.2 Å². The highest BCUT2D eigenvalue weighted by Gasteiger charge is 2.35. The third kappa shape index (κ3) is 2.30. The number of hydrogen-bond acceptors (Lipinski definition) is 3. The largest absolute Gasteiger partial charge is 0.364 e. The van der Waals surface area contributed by atoms with Crippen molar-refractivity contribution in [1.29, 1.82) is 0 Å². The van der Waals surface area contributed by atoms with E-state index in [-0.39, 0.29) is 23.6 Å². The molecule has 3 N–H and O–H groups in total. The molecule has 0 aromatic carbocycles. The molecule has 1 unspecified atom stereocenters. The SMILES string of the molecule is NC(=O)c1cc(C2CCCCN2C(=O)C2CCC2)[nH]n1. The third-order valence-electron chi connectivity index (χ3n) is 4.45. The Hall–Kier alpha value is -1.85. The normalized spacial score (nSPS) is 23.4. The summed E-state index contributed by atoms with van der Waals surface area (Å²) in [5.41, 5.74) is 6.29. The molecule has 20 heavy (non-hydrogen) atoms. The Morgan fingerprint density at radius 3 is 2.65 bits per heavy atom. The van der Waals surface area contributed by atoms with E-state index in [1.54, 1.807) is 6.07 Å². The molecule has 1 saturated carbocycles. The zero-order valence-electron chi connectivity index (χ0n) is 11.5. The van der Waals surface area contributed by atoms with Crippen molar-refractivity contribution in [2.45, 2.75) is 44.6 Å². The number of nitrogens with one attached hydrogen (secondary N) is 1. The molecular weight excluding hydrogens is 256 g/mol. The second-order valence-electron chi connectivity index (χ2n) is 5.74. The van der Waals surface area contributed by atoms with Crippen molar-refractivity contribution in [2.24, 2.45) is 11.7 Å².